The molecule has 3 aromatic carbocycles. The highest BCUT2D eigenvalue weighted by atomic mass is 32.1. The van der Waals surface area contributed by atoms with Gasteiger partial charge in [-0.05, 0) is 66.3 Å². The first-order valence-electron chi connectivity index (χ1n) is 8.30. The zero-order chi connectivity index (χ0) is 18.9. The largest absolute Gasteiger partial charge is 0.495 e. The van der Waals surface area contributed by atoms with Gasteiger partial charge in [0.15, 0.2) is 5.11 Å². The lowest BCUT2D eigenvalue weighted by atomic mass is 10.2. The summed E-state index contributed by atoms with van der Waals surface area (Å²) >= 11 is 5.24. The zero-order valence-electron chi connectivity index (χ0n) is 14.8. The molecule has 0 amide bonds. The van der Waals surface area contributed by atoms with Crippen molar-refractivity contribution < 1.29 is 9.47 Å². The molecule has 0 aliphatic rings. The first kappa shape index (κ1) is 18.4. The molecular weight excluding hydrogens is 358 g/mol. The van der Waals surface area contributed by atoms with Crippen molar-refractivity contribution >= 4 is 29.2 Å². The Morgan fingerprint density at radius 1 is 0.889 bits per heavy atom. The lowest BCUT2D eigenvalue weighted by Crippen LogP contribution is -2.24. The van der Waals surface area contributed by atoms with Gasteiger partial charge in [0.1, 0.15) is 17.2 Å². The summed E-state index contributed by atoms with van der Waals surface area (Å²) in [4.78, 5) is 0. The normalized spacial score (nSPS) is 10.4. The van der Waals surface area contributed by atoms with Crippen LogP contribution in [0.3, 0.4) is 0 Å². The van der Waals surface area contributed by atoms with Crippen LogP contribution in [0.5, 0.6) is 17.2 Å². The summed E-state index contributed by atoms with van der Waals surface area (Å²) in [6, 6.07) is 24.8. The lowest BCUT2D eigenvalue weighted by Gasteiger charge is -2.10. The molecule has 0 bridgehead atoms. The van der Waals surface area contributed by atoms with Gasteiger partial charge in [-0.25, -0.2) is 0 Å². The standard InChI is InChI=1S/C21H19N3O2S/c1-25-20-10-6-5-9-19(20)23-21(27)24-22-15-16-11-13-18(14-12-16)26-17-7-3-2-4-8-17/h2-15H,1H3,(H2,23,24,27). The molecule has 2 N–H and O–H groups in total. The molecule has 6 heteroatoms. The molecule has 27 heavy (non-hydrogen) atoms. The number of para-hydroxylation sites is 3. The second kappa shape index (κ2) is 9.35. The summed E-state index contributed by atoms with van der Waals surface area (Å²) in [6.07, 6.45) is 1.68. The van der Waals surface area contributed by atoms with E-state index in [2.05, 4.69) is 15.8 Å². The maximum atomic E-state index is 5.76. The molecule has 0 spiro atoms. The average molecular weight is 377 g/mol. The van der Waals surface area contributed by atoms with E-state index in [-0.39, 0.29) is 0 Å². The van der Waals surface area contributed by atoms with Gasteiger partial charge in [-0.3, -0.25) is 5.43 Å². The Morgan fingerprint density at radius 2 is 1.56 bits per heavy atom. The monoisotopic (exact) mass is 377 g/mol. The SMILES string of the molecule is COc1ccccc1NC(=S)NN=Cc1ccc(Oc2ccccc2)cc1. The lowest BCUT2D eigenvalue weighted by molar-refractivity contribution is 0.417. The first-order chi connectivity index (χ1) is 13.2. The van der Waals surface area contributed by atoms with E-state index < -0.39 is 0 Å². The minimum Gasteiger partial charge on any atom is -0.495 e. The molecule has 0 radical (unpaired) electrons. The summed E-state index contributed by atoms with van der Waals surface area (Å²) in [5.41, 5.74) is 4.48. The van der Waals surface area contributed by atoms with Crippen LogP contribution in [-0.4, -0.2) is 18.4 Å². The average Bonchev–Trinajstić information content (AvgIpc) is 2.70. The molecule has 3 aromatic rings. The molecule has 0 aliphatic heterocycles. The van der Waals surface area contributed by atoms with Crippen molar-refractivity contribution in [3.05, 3.63) is 84.4 Å². The van der Waals surface area contributed by atoms with Crippen molar-refractivity contribution in [2.24, 2.45) is 5.10 Å². The number of anilines is 1. The molecule has 0 heterocycles. The summed E-state index contributed by atoms with van der Waals surface area (Å²) in [6.45, 7) is 0. The minimum absolute atomic E-state index is 0.375. The Balaban J connectivity index is 1.52. The molecule has 136 valence electrons. The topological polar surface area (TPSA) is 54.9 Å². The number of benzene rings is 3. The molecule has 0 fully saturated rings. The van der Waals surface area contributed by atoms with E-state index in [0.29, 0.717) is 10.9 Å². The van der Waals surface area contributed by atoms with Crippen molar-refractivity contribution in [1.29, 1.82) is 0 Å². The van der Waals surface area contributed by atoms with Gasteiger partial charge >= 0.3 is 0 Å². The van der Waals surface area contributed by atoms with Crippen molar-refractivity contribution in [3.8, 4) is 17.2 Å². The van der Waals surface area contributed by atoms with Crippen LogP contribution in [0.25, 0.3) is 0 Å². The van der Waals surface area contributed by atoms with Gasteiger partial charge in [0, 0.05) is 0 Å². The highest BCUT2D eigenvalue weighted by molar-refractivity contribution is 7.80. The van der Waals surface area contributed by atoms with E-state index in [1.54, 1.807) is 13.3 Å². The molecule has 5 nitrogen and oxygen atoms in total. The summed E-state index contributed by atoms with van der Waals surface area (Å²) in [5.74, 6) is 2.27. The Hall–Kier alpha value is -3.38. The molecule has 0 atom stereocenters. The van der Waals surface area contributed by atoms with Crippen molar-refractivity contribution in [1.82, 2.24) is 5.43 Å². The predicted octanol–water partition coefficient (Wildman–Crippen LogP) is 4.81. The predicted molar refractivity (Wildman–Crippen MR) is 113 cm³/mol. The van der Waals surface area contributed by atoms with E-state index in [4.69, 9.17) is 21.7 Å². The maximum Gasteiger partial charge on any atom is 0.191 e. The number of nitrogens with zero attached hydrogens (tertiary/aromatic N) is 1. The van der Waals surface area contributed by atoms with Crippen LogP contribution >= 0.6 is 12.2 Å². The first-order valence-corrected chi connectivity index (χ1v) is 8.71. The number of hydrogen-bond acceptors (Lipinski definition) is 4. The highest BCUT2D eigenvalue weighted by Crippen LogP contribution is 2.23. The summed E-state index contributed by atoms with van der Waals surface area (Å²) in [5, 5.41) is 7.57. The maximum absolute atomic E-state index is 5.76. The number of rotatable bonds is 6. The van der Waals surface area contributed by atoms with Gasteiger partial charge < -0.3 is 14.8 Å². The van der Waals surface area contributed by atoms with E-state index >= 15 is 0 Å². The quantitative estimate of drug-likeness (QED) is 0.367. The van der Waals surface area contributed by atoms with Gasteiger partial charge in [-0.15, -0.1) is 0 Å². The van der Waals surface area contributed by atoms with Crippen LogP contribution in [-0.2, 0) is 0 Å². The van der Waals surface area contributed by atoms with Crippen molar-refractivity contribution in [2.45, 2.75) is 0 Å². The van der Waals surface area contributed by atoms with Crippen LogP contribution < -0.4 is 20.2 Å². The fourth-order valence-electron chi connectivity index (χ4n) is 2.31. The minimum atomic E-state index is 0.375. The molecule has 0 saturated carbocycles. The Labute approximate surface area is 163 Å². The second-order valence-corrected chi connectivity index (χ2v) is 5.92. The van der Waals surface area contributed by atoms with Gasteiger partial charge in [0.2, 0.25) is 0 Å². The summed E-state index contributed by atoms with van der Waals surface area (Å²) < 4.78 is 11.0. The van der Waals surface area contributed by atoms with Crippen LogP contribution in [0.2, 0.25) is 0 Å². The zero-order valence-corrected chi connectivity index (χ0v) is 15.6. The molecule has 3 rings (SSSR count). The smallest absolute Gasteiger partial charge is 0.191 e. The number of hydrazone groups is 1. The third-order valence-corrected chi connectivity index (χ3v) is 3.79. The fourth-order valence-corrected chi connectivity index (χ4v) is 2.47. The summed E-state index contributed by atoms with van der Waals surface area (Å²) in [7, 11) is 1.61. The van der Waals surface area contributed by atoms with Gasteiger partial charge in [-0.2, -0.15) is 5.10 Å². The van der Waals surface area contributed by atoms with Gasteiger partial charge in [0.05, 0.1) is 19.0 Å². The number of hydrogen-bond donors (Lipinski definition) is 2. The van der Waals surface area contributed by atoms with Crippen LogP contribution in [0.15, 0.2) is 84.0 Å². The Kier molecular flexibility index (Phi) is 6.38. The van der Waals surface area contributed by atoms with Crippen molar-refractivity contribution in [3.63, 3.8) is 0 Å². The third kappa shape index (κ3) is 5.55. The van der Waals surface area contributed by atoms with Crippen LogP contribution in [0.1, 0.15) is 5.56 Å². The Bertz CT molecular complexity index is 912. The second-order valence-electron chi connectivity index (χ2n) is 5.51. The molecule has 0 aromatic heterocycles. The number of methoxy groups -OCH3 is 1. The van der Waals surface area contributed by atoms with E-state index in [1.807, 2.05) is 78.9 Å². The van der Waals surface area contributed by atoms with E-state index in [1.165, 1.54) is 0 Å². The number of ether oxygens (including phenoxy) is 2. The number of thiocarbonyl (C=S) groups is 1. The fraction of sp³-hybridized carbons (Fsp3) is 0.0476. The van der Waals surface area contributed by atoms with Gasteiger partial charge in [-0.1, -0.05) is 30.3 Å². The van der Waals surface area contributed by atoms with Crippen LogP contribution in [0.4, 0.5) is 5.69 Å². The van der Waals surface area contributed by atoms with Crippen LogP contribution in [0, 0.1) is 0 Å². The third-order valence-electron chi connectivity index (χ3n) is 3.59. The van der Waals surface area contributed by atoms with Crippen molar-refractivity contribution in [2.75, 3.05) is 12.4 Å². The molecule has 0 unspecified atom stereocenters. The Morgan fingerprint density at radius 3 is 2.30 bits per heavy atom. The van der Waals surface area contributed by atoms with E-state index in [0.717, 1.165) is 22.7 Å². The molecular formula is C21H19N3O2S. The highest BCUT2D eigenvalue weighted by Gasteiger charge is 2.02. The molecule has 0 aliphatic carbocycles. The molecule has 0 saturated heterocycles. The van der Waals surface area contributed by atoms with Gasteiger partial charge in [0.25, 0.3) is 0 Å². The van der Waals surface area contributed by atoms with E-state index in [9.17, 15) is 0 Å². The number of nitrogens with one attached hydrogen (secondary N) is 2.